The number of hydrogen-bond donors (Lipinski definition) is 1. The van der Waals surface area contributed by atoms with Gasteiger partial charge in [0.1, 0.15) is 5.82 Å². The van der Waals surface area contributed by atoms with Crippen LogP contribution in [0.1, 0.15) is 16.2 Å². The number of nitrogens with one attached hydrogen (secondary N) is 1. The molecule has 0 bridgehead atoms. The van der Waals surface area contributed by atoms with Crippen LogP contribution in [0.3, 0.4) is 0 Å². The van der Waals surface area contributed by atoms with Crippen LogP contribution in [0.25, 0.3) is 11.0 Å². The van der Waals surface area contributed by atoms with Crippen molar-refractivity contribution in [2.24, 2.45) is 0 Å². The predicted molar refractivity (Wildman–Crippen MR) is 124 cm³/mol. The zero-order valence-electron chi connectivity index (χ0n) is 18.4. The van der Waals surface area contributed by atoms with E-state index in [1.54, 1.807) is 0 Å². The molecular weight excluding hydrogens is 390 g/mol. The topological polar surface area (TPSA) is 62.6 Å². The standard InChI is InChI=1S/C24H31N5O2/c1-27(2)20-7-5-6-19(18-20)24(30)25-11-10-23-26-21-8-3-4-9-22(21)29(23)13-12-28-14-16-31-17-15-28/h3-9,18H,10-17H2,1-2H3,(H,25,30). The van der Waals surface area contributed by atoms with Crippen LogP contribution < -0.4 is 10.2 Å². The second-order valence-electron chi connectivity index (χ2n) is 8.07. The summed E-state index contributed by atoms with van der Waals surface area (Å²) in [6, 6.07) is 15.9. The minimum absolute atomic E-state index is 0.0559. The Balaban J connectivity index is 1.41. The van der Waals surface area contributed by atoms with E-state index in [2.05, 4.69) is 33.0 Å². The molecule has 0 spiro atoms. The smallest absolute Gasteiger partial charge is 0.251 e. The van der Waals surface area contributed by atoms with Crippen LogP contribution in [-0.4, -0.2) is 73.8 Å². The van der Waals surface area contributed by atoms with Crippen LogP contribution >= 0.6 is 0 Å². The van der Waals surface area contributed by atoms with Crippen molar-refractivity contribution in [1.29, 1.82) is 0 Å². The fourth-order valence-corrected chi connectivity index (χ4v) is 3.95. The number of amides is 1. The molecule has 1 aliphatic heterocycles. The Morgan fingerprint density at radius 3 is 2.71 bits per heavy atom. The highest BCUT2D eigenvalue weighted by Crippen LogP contribution is 2.17. The van der Waals surface area contributed by atoms with Crippen molar-refractivity contribution in [1.82, 2.24) is 19.8 Å². The molecule has 0 saturated carbocycles. The van der Waals surface area contributed by atoms with Gasteiger partial charge in [0.2, 0.25) is 0 Å². The van der Waals surface area contributed by atoms with Gasteiger partial charge in [-0.05, 0) is 30.3 Å². The average Bonchev–Trinajstić information content (AvgIpc) is 3.15. The molecule has 1 aliphatic rings. The molecule has 2 aromatic carbocycles. The molecule has 0 aliphatic carbocycles. The van der Waals surface area contributed by atoms with Gasteiger partial charge >= 0.3 is 0 Å². The zero-order chi connectivity index (χ0) is 21.6. The van der Waals surface area contributed by atoms with Crippen molar-refractivity contribution >= 4 is 22.6 Å². The van der Waals surface area contributed by atoms with E-state index < -0.39 is 0 Å². The number of para-hydroxylation sites is 2. The van der Waals surface area contributed by atoms with E-state index in [0.717, 1.165) is 61.9 Å². The largest absolute Gasteiger partial charge is 0.379 e. The van der Waals surface area contributed by atoms with Crippen LogP contribution in [0.4, 0.5) is 5.69 Å². The molecule has 1 aromatic heterocycles. The molecule has 7 nitrogen and oxygen atoms in total. The van der Waals surface area contributed by atoms with Gasteiger partial charge in [-0.2, -0.15) is 0 Å². The number of carbonyl (C=O) groups is 1. The first-order valence-corrected chi connectivity index (χ1v) is 10.9. The number of anilines is 1. The van der Waals surface area contributed by atoms with Crippen molar-refractivity contribution in [2.45, 2.75) is 13.0 Å². The summed E-state index contributed by atoms with van der Waals surface area (Å²) in [6.07, 6.45) is 0.691. The lowest BCUT2D eigenvalue weighted by Crippen LogP contribution is -2.38. The summed E-state index contributed by atoms with van der Waals surface area (Å²) in [6.45, 7) is 5.96. The van der Waals surface area contributed by atoms with Crippen LogP contribution in [0.2, 0.25) is 0 Å². The van der Waals surface area contributed by atoms with E-state index >= 15 is 0 Å². The lowest BCUT2D eigenvalue weighted by molar-refractivity contribution is 0.0364. The van der Waals surface area contributed by atoms with Crippen LogP contribution in [0, 0.1) is 0 Å². The van der Waals surface area contributed by atoms with Crippen LogP contribution in [0.15, 0.2) is 48.5 Å². The van der Waals surface area contributed by atoms with Gasteiger partial charge in [-0.25, -0.2) is 4.98 Å². The van der Waals surface area contributed by atoms with E-state index in [4.69, 9.17) is 9.72 Å². The summed E-state index contributed by atoms with van der Waals surface area (Å²) in [5.41, 5.74) is 3.84. The maximum atomic E-state index is 12.6. The summed E-state index contributed by atoms with van der Waals surface area (Å²) in [5, 5.41) is 3.05. The molecule has 1 N–H and O–H groups in total. The van der Waals surface area contributed by atoms with Crippen LogP contribution in [-0.2, 0) is 17.7 Å². The molecule has 164 valence electrons. The quantitative estimate of drug-likeness (QED) is 0.605. The van der Waals surface area contributed by atoms with Crippen molar-refractivity contribution in [3.8, 4) is 0 Å². The molecule has 4 rings (SSSR count). The summed E-state index contributed by atoms with van der Waals surface area (Å²) < 4.78 is 7.75. The van der Waals surface area contributed by atoms with E-state index in [0.29, 0.717) is 18.5 Å². The van der Waals surface area contributed by atoms with Gasteiger partial charge in [-0.15, -0.1) is 0 Å². The molecule has 0 radical (unpaired) electrons. The Bertz CT molecular complexity index is 1020. The Kier molecular flexibility index (Phi) is 6.84. The number of hydrogen-bond acceptors (Lipinski definition) is 5. The van der Waals surface area contributed by atoms with E-state index in [-0.39, 0.29) is 5.91 Å². The molecule has 3 aromatic rings. The van der Waals surface area contributed by atoms with Crippen molar-refractivity contribution < 1.29 is 9.53 Å². The molecular formula is C24H31N5O2. The van der Waals surface area contributed by atoms with Gasteiger partial charge in [0.15, 0.2) is 0 Å². The number of rotatable bonds is 8. The van der Waals surface area contributed by atoms with Gasteiger partial charge in [0.05, 0.1) is 24.2 Å². The third-order valence-electron chi connectivity index (χ3n) is 5.74. The Labute approximate surface area is 183 Å². The van der Waals surface area contributed by atoms with Crippen LogP contribution in [0.5, 0.6) is 0 Å². The number of morpholine rings is 1. The third kappa shape index (κ3) is 5.24. The highest BCUT2D eigenvalue weighted by Gasteiger charge is 2.15. The van der Waals surface area contributed by atoms with E-state index in [1.165, 1.54) is 0 Å². The lowest BCUT2D eigenvalue weighted by atomic mass is 10.2. The Hall–Kier alpha value is -2.90. The first kappa shape index (κ1) is 21.3. The fraction of sp³-hybridized carbons (Fsp3) is 0.417. The predicted octanol–water partition coefficient (Wildman–Crippen LogP) is 2.41. The second-order valence-corrected chi connectivity index (χ2v) is 8.07. The highest BCUT2D eigenvalue weighted by molar-refractivity contribution is 5.95. The Morgan fingerprint density at radius 1 is 1.10 bits per heavy atom. The molecule has 7 heteroatoms. The van der Waals surface area contributed by atoms with Crippen molar-refractivity contribution in [3.05, 3.63) is 59.9 Å². The fourth-order valence-electron chi connectivity index (χ4n) is 3.95. The SMILES string of the molecule is CN(C)c1cccc(C(=O)NCCc2nc3ccccc3n2CCN2CCOCC2)c1. The third-order valence-corrected chi connectivity index (χ3v) is 5.74. The van der Waals surface area contributed by atoms with Gasteiger partial charge in [0, 0.05) is 64.5 Å². The number of nitrogens with zero attached hydrogens (tertiary/aromatic N) is 4. The summed E-state index contributed by atoms with van der Waals surface area (Å²) in [5.74, 6) is 0.955. The second kappa shape index (κ2) is 9.94. The molecule has 1 amide bonds. The highest BCUT2D eigenvalue weighted by atomic mass is 16.5. The van der Waals surface area contributed by atoms with E-state index in [9.17, 15) is 4.79 Å². The minimum Gasteiger partial charge on any atom is -0.379 e. The van der Waals surface area contributed by atoms with Gasteiger partial charge in [-0.1, -0.05) is 18.2 Å². The number of ether oxygens (including phenoxy) is 1. The van der Waals surface area contributed by atoms with Gasteiger partial charge in [0.25, 0.3) is 5.91 Å². The first-order valence-electron chi connectivity index (χ1n) is 10.9. The number of benzene rings is 2. The summed E-state index contributed by atoms with van der Waals surface area (Å²) in [7, 11) is 3.94. The maximum absolute atomic E-state index is 12.6. The molecule has 1 saturated heterocycles. The average molecular weight is 422 g/mol. The zero-order valence-corrected chi connectivity index (χ0v) is 18.4. The summed E-state index contributed by atoms with van der Waals surface area (Å²) >= 11 is 0. The minimum atomic E-state index is -0.0559. The number of aromatic nitrogens is 2. The summed E-state index contributed by atoms with van der Waals surface area (Å²) in [4.78, 5) is 21.9. The lowest BCUT2D eigenvalue weighted by Gasteiger charge is -2.27. The molecule has 31 heavy (non-hydrogen) atoms. The number of fused-ring (bicyclic) bond motifs is 1. The van der Waals surface area contributed by atoms with E-state index in [1.807, 2.05) is 49.3 Å². The van der Waals surface area contributed by atoms with Crippen molar-refractivity contribution in [3.63, 3.8) is 0 Å². The van der Waals surface area contributed by atoms with Gasteiger partial charge in [-0.3, -0.25) is 9.69 Å². The van der Waals surface area contributed by atoms with Crippen molar-refractivity contribution in [2.75, 3.05) is 58.4 Å². The van der Waals surface area contributed by atoms with Gasteiger partial charge < -0.3 is 19.5 Å². The molecule has 0 atom stereocenters. The normalized spacial score (nSPS) is 14.6. The molecule has 2 heterocycles. The number of carbonyl (C=O) groups excluding carboxylic acids is 1. The maximum Gasteiger partial charge on any atom is 0.251 e. The number of imidazole rings is 1. The molecule has 1 fully saturated rings. The first-order chi connectivity index (χ1) is 15.1. The molecule has 0 unspecified atom stereocenters. The monoisotopic (exact) mass is 421 g/mol. The Morgan fingerprint density at radius 2 is 1.90 bits per heavy atom.